The molecule has 22 heavy (non-hydrogen) atoms. The lowest BCUT2D eigenvalue weighted by atomic mass is 10.0. The van der Waals surface area contributed by atoms with Crippen LogP contribution < -0.4 is 16.0 Å². The lowest BCUT2D eigenvalue weighted by Gasteiger charge is -2.29. The van der Waals surface area contributed by atoms with E-state index in [0.29, 0.717) is 6.04 Å². The Labute approximate surface area is 129 Å². The molecule has 2 heterocycles. The third-order valence-corrected chi connectivity index (χ3v) is 5.10. The molecule has 0 unspecified atom stereocenters. The van der Waals surface area contributed by atoms with Crippen LogP contribution in [0.15, 0.2) is 34.5 Å². The van der Waals surface area contributed by atoms with Gasteiger partial charge in [0, 0.05) is 28.6 Å². The van der Waals surface area contributed by atoms with Crippen molar-refractivity contribution >= 4 is 18.0 Å². The van der Waals surface area contributed by atoms with E-state index in [1.165, 1.54) is 47.6 Å². The number of nitrogens with one attached hydrogen (secondary N) is 1. The lowest BCUT2D eigenvalue weighted by Crippen LogP contribution is -2.33. The van der Waals surface area contributed by atoms with E-state index in [9.17, 15) is 0 Å². The summed E-state index contributed by atoms with van der Waals surface area (Å²) < 4.78 is 0. The van der Waals surface area contributed by atoms with Crippen LogP contribution in [-0.4, -0.2) is 17.3 Å². The Morgan fingerprint density at radius 3 is 2.91 bits per heavy atom. The van der Waals surface area contributed by atoms with Crippen LogP contribution in [0.4, 0.5) is 5.69 Å². The fourth-order valence-corrected chi connectivity index (χ4v) is 3.98. The van der Waals surface area contributed by atoms with Gasteiger partial charge in [0.15, 0.2) is 0 Å². The molecule has 0 aromatic carbocycles. The molecular weight excluding hydrogens is 272 g/mol. The number of anilines is 1. The average Bonchev–Trinajstić information content (AvgIpc) is 3.19. The van der Waals surface area contributed by atoms with Crippen molar-refractivity contribution in [3.05, 3.63) is 40.4 Å². The van der Waals surface area contributed by atoms with E-state index in [1.54, 1.807) is 0 Å². The van der Waals surface area contributed by atoms with E-state index >= 15 is 0 Å². The van der Waals surface area contributed by atoms with Gasteiger partial charge in [-0.3, -0.25) is 10.4 Å². The molecule has 4 nitrogen and oxygen atoms in total. The number of fused-ring (bicyclic) bond motifs is 2. The van der Waals surface area contributed by atoms with Gasteiger partial charge in [0.1, 0.15) is 0 Å². The first-order valence-corrected chi connectivity index (χ1v) is 8.09. The SMILES string of the molecule is C1=NNc2c3ccc4c-3c(ccc2=C1)CN(C1CCCC1)N=4. The smallest absolute Gasteiger partial charge is 0.0914 e. The summed E-state index contributed by atoms with van der Waals surface area (Å²) in [6, 6.07) is 9.40. The van der Waals surface area contributed by atoms with Crippen LogP contribution in [0, 0.1) is 0 Å². The van der Waals surface area contributed by atoms with Crippen LogP contribution in [-0.2, 0) is 6.54 Å². The topological polar surface area (TPSA) is 40.0 Å². The Bertz CT molecular complexity index is 862. The van der Waals surface area contributed by atoms with Crippen LogP contribution in [0.25, 0.3) is 17.2 Å². The molecule has 4 heteroatoms. The van der Waals surface area contributed by atoms with Gasteiger partial charge >= 0.3 is 0 Å². The summed E-state index contributed by atoms with van der Waals surface area (Å²) in [7, 11) is 0. The maximum absolute atomic E-state index is 4.94. The number of rotatable bonds is 1. The minimum Gasteiger partial charge on any atom is -0.289 e. The van der Waals surface area contributed by atoms with Crippen molar-refractivity contribution in [2.75, 3.05) is 5.43 Å². The highest BCUT2D eigenvalue weighted by Crippen LogP contribution is 2.33. The molecule has 3 aliphatic carbocycles. The molecule has 0 aromatic rings. The van der Waals surface area contributed by atoms with Gasteiger partial charge in [0.25, 0.3) is 0 Å². The first-order chi connectivity index (χ1) is 10.9. The van der Waals surface area contributed by atoms with Gasteiger partial charge in [-0.15, -0.1) is 0 Å². The van der Waals surface area contributed by atoms with E-state index in [0.717, 1.165) is 17.6 Å². The van der Waals surface area contributed by atoms with E-state index in [4.69, 9.17) is 5.10 Å². The van der Waals surface area contributed by atoms with Gasteiger partial charge < -0.3 is 0 Å². The van der Waals surface area contributed by atoms with Crippen molar-refractivity contribution in [3.8, 4) is 11.1 Å². The van der Waals surface area contributed by atoms with Gasteiger partial charge in [-0.25, -0.2) is 0 Å². The normalized spacial score (nSPS) is 19.5. The van der Waals surface area contributed by atoms with Gasteiger partial charge in [0.05, 0.1) is 17.6 Å². The maximum Gasteiger partial charge on any atom is 0.0914 e. The predicted octanol–water partition coefficient (Wildman–Crippen LogP) is 2.28. The molecule has 0 amide bonds. The molecule has 1 N–H and O–H groups in total. The van der Waals surface area contributed by atoms with E-state index in [2.05, 4.69) is 45.9 Å². The van der Waals surface area contributed by atoms with Crippen molar-refractivity contribution < 1.29 is 0 Å². The molecule has 0 radical (unpaired) electrons. The standard InChI is InChI=1S/C18H18N4/c1-2-4-14(3-1)22-11-13-6-5-12-9-10-19-20-18(12)15-7-8-16(21-22)17(13)15/h5-10,14,20H,1-4,11H2. The summed E-state index contributed by atoms with van der Waals surface area (Å²) in [4.78, 5) is 0. The van der Waals surface area contributed by atoms with Crippen molar-refractivity contribution in [2.24, 2.45) is 10.2 Å². The number of nitrogens with zero attached hydrogens (tertiary/aromatic N) is 3. The van der Waals surface area contributed by atoms with Crippen molar-refractivity contribution in [1.82, 2.24) is 5.01 Å². The summed E-state index contributed by atoms with van der Waals surface area (Å²) in [6.45, 7) is 0.923. The highest BCUT2D eigenvalue weighted by atomic mass is 15.5. The molecular formula is C18H18N4. The zero-order chi connectivity index (χ0) is 14.5. The molecule has 0 bridgehead atoms. The second kappa shape index (κ2) is 4.57. The highest BCUT2D eigenvalue weighted by molar-refractivity contribution is 5.96. The summed E-state index contributed by atoms with van der Waals surface area (Å²) >= 11 is 0. The zero-order valence-electron chi connectivity index (χ0n) is 12.4. The van der Waals surface area contributed by atoms with E-state index in [1.807, 2.05) is 6.21 Å². The third kappa shape index (κ3) is 1.70. The number of hydrazone groups is 1. The fraction of sp³-hybridized carbons (Fsp3) is 0.333. The summed E-state index contributed by atoms with van der Waals surface area (Å²) in [5.74, 6) is 0. The van der Waals surface area contributed by atoms with Crippen LogP contribution in [0.1, 0.15) is 31.2 Å². The Morgan fingerprint density at radius 2 is 2.00 bits per heavy atom. The highest BCUT2D eigenvalue weighted by Gasteiger charge is 2.27. The van der Waals surface area contributed by atoms with Crippen LogP contribution >= 0.6 is 0 Å². The van der Waals surface area contributed by atoms with E-state index in [-0.39, 0.29) is 0 Å². The Morgan fingerprint density at radius 1 is 1.09 bits per heavy atom. The molecule has 1 saturated carbocycles. The van der Waals surface area contributed by atoms with Crippen LogP contribution in [0.3, 0.4) is 0 Å². The number of hydrogen-bond acceptors (Lipinski definition) is 4. The van der Waals surface area contributed by atoms with Gasteiger partial charge in [-0.2, -0.15) is 10.2 Å². The average molecular weight is 290 g/mol. The van der Waals surface area contributed by atoms with Crippen LogP contribution in [0.2, 0.25) is 0 Å². The number of hydrogen-bond donors (Lipinski definition) is 1. The quantitative estimate of drug-likeness (QED) is 0.875. The first kappa shape index (κ1) is 12.2. The second-order valence-electron chi connectivity index (χ2n) is 6.39. The summed E-state index contributed by atoms with van der Waals surface area (Å²) in [5, 5.41) is 13.7. The Kier molecular flexibility index (Phi) is 2.53. The molecule has 5 aliphatic rings. The second-order valence-corrected chi connectivity index (χ2v) is 6.39. The van der Waals surface area contributed by atoms with Gasteiger partial charge in [-0.1, -0.05) is 25.0 Å². The third-order valence-electron chi connectivity index (χ3n) is 5.10. The molecule has 1 fully saturated rings. The molecule has 0 atom stereocenters. The van der Waals surface area contributed by atoms with Crippen molar-refractivity contribution in [3.63, 3.8) is 0 Å². The minimum atomic E-state index is 0.617. The Balaban J connectivity index is 1.71. The van der Waals surface area contributed by atoms with Crippen LogP contribution in [0.5, 0.6) is 0 Å². The monoisotopic (exact) mass is 290 g/mol. The predicted molar refractivity (Wildman–Crippen MR) is 88.2 cm³/mol. The van der Waals surface area contributed by atoms with Gasteiger partial charge in [-0.05, 0) is 36.6 Å². The molecule has 0 aromatic heterocycles. The van der Waals surface area contributed by atoms with Crippen molar-refractivity contribution in [1.29, 1.82) is 0 Å². The molecule has 2 aliphatic heterocycles. The van der Waals surface area contributed by atoms with Gasteiger partial charge in [0.2, 0.25) is 0 Å². The van der Waals surface area contributed by atoms with E-state index < -0.39 is 0 Å². The van der Waals surface area contributed by atoms with Crippen molar-refractivity contribution in [2.45, 2.75) is 38.3 Å². The molecule has 0 saturated heterocycles. The minimum absolute atomic E-state index is 0.617. The largest absolute Gasteiger partial charge is 0.289 e. The summed E-state index contributed by atoms with van der Waals surface area (Å²) in [5.41, 5.74) is 8.15. The molecule has 0 spiro atoms. The molecule has 5 rings (SSSR count). The summed E-state index contributed by atoms with van der Waals surface area (Å²) in [6.07, 6.45) is 9.11. The first-order valence-electron chi connectivity index (χ1n) is 8.09. The fourth-order valence-electron chi connectivity index (χ4n) is 3.98. The molecule has 110 valence electrons. The lowest BCUT2D eigenvalue weighted by molar-refractivity contribution is 0.187. The zero-order valence-corrected chi connectivity index (χ0v) is 12.4. The Hall–Kier alpha value is -2.36. The maximum atomic E-state index is 4.94.